The molecule has 3 aromatic rings. The highest BCUT2D eigenvalue weighted by molar-refractivity contribution is 8.00. The van der Waals surface area contributed by atoms with Gasteiger partial charge in [0.25, 0.3) is 0 Å². The van der Waals surface area contributed by atoms with Crippen LogP contribution in [0.2, 0.25) is 0 Å². The van der Waals surface area contributed by atoms with E-state index in [1.54, 1.807) is 17.7 Å². The Labute approximate surface area is 175 Å². The average Bonchev–Trinajstić information content (AvgIpc) is 3.44. The molecule has 0 spiro atoms. The summed E-state index contributed by atoms with van der Waals surface area (Å²) in [6.07, 6.45) is 5.08. The van der Waals surface area contributed by atoms with Crippen LogP contribution >= 0.6 is 11.8 Å². The number of hydrogen-bond donors (Lipinski definition) is 0. The highest BCUT2D eigenvalue weighted by atomic mass is 32.2. The molecule has 0 bridgehead atoms. The molecule has 0 unspecified atom stereocenters. The maximum absolute atomic E-state index is 11.7. The molecule has 1 saturated carbocycles. The summed E-state index contributed by atoms with van der Waals surface area (Å²) in [6.45, 7) is 5.57. The smallest absolute Gasteiger partial charge is 0.250 e. The number of rotatable bonds is 3. The van der Waals surface area contributed by atoms with Crippen molar-refractivity contribution in [1.29, 1.82) is 0 Å². The van der Waals surface area contributed by atoms with Crippen molar-refractivity contribution < 1.29 is 0 Å². The normalized spacial score (nSPS) is 19.4. The molecule has 2 aromatic heterocycles. The van der Waals surface area contributed by atoms with E-state index < -0.39 is 0 Å². The zero-order valence-electron chi connectivity index (χ0n) is 17.2. The Morgan fingerprint density at radius 2 is 1.90 bits per heavy atom. The van der Waals surface area contributed by atoms with E-state index in [0.29, 0.717) is 0 Å². The molecule has 5 rings (SSSR count). The van der Waals surface area contributed by atoms with Crippen LogP contribution in [0, 0.1) is 0 Å². The van der Waals surface area contributed by atoms with Crippen molar-refractivity contribution in [1.82, 2.24) is 19.3 Å². The predicted octanol–water partition coefficient (Wildman–Crippen LogP) is 3.79. The molecule has 6 heteroatoms. The van der Waals surface area contributed by atoms with E-state index in [9.17, 15) is 4.79 Å². The van der Waals surface area contributed by atoms with Gasteiger partial charge in [0, 0.05) is 42.8 Å². The first-order chi connectivity index (χ1) is 13.9. The molecule has 1 aromatic carbocycles. The van der Waals surface area contributed by atoms with Gasteiger partial charge in [-0.1, -0.05) is 38.1 Å². The maximum Gasteiger partial charge on any atom is 0.250 e. The minimum atomic E-state index is -0.0267. The van der Waals surface area contributed by atoms with E-state index in [0.717, 1.165) is 54.3 Å². The molecule has 29 heavy (non-hydrogen) atoms. The summed E-state index contributed by atoms with van der Waals surface area (Å²) >= 11 is 2.02. The van der Waals surface area contributed by atoms with Crippen LogP contribution in [0.25, 0.3) is 11.1 Å². The number of nitrogens with zero attached hydrogens (tertiary/aromatic N) is 4. The van der Waals surface area contributed by atoms with Crippen LogP contribution in [0.3, 0.4) is 0 Å². The zero-order valence-corrected chi connectivity index (χ0v) is 18.0. The fourth-order valence-corrected chi connectivity index (χ4v) is 5.49. The van der Waals surface area contributed by atoms with Crippen LogP contribution in [0.15, 0.2) is 47.4 Å². The SMILES string of the molecule is Cn1cc(-c2cccc(C3(c4nnc5n4CCSC(C)(C)C5)CC3)c2)ccc1=O. The highest BCUT2D eigenvalue weighted by Gasteiger charge is 2.50. The van der Waals surface area contributed by atoms with Crippen LogP contribution in [0.4, 0.5) is 0 Å². The number of thioether (sulfide) groups is 1. The van der Waals surface area contributed by atoms with Gasteiger partial charge in [0.2, 0.25) is 5.56 Å². The summed E-state index contributed by atoms with van der Waals surface area (Å²) in [5.41, 5.74) is 3.48. The molecule has 2 aliphatic rings. The molecule has 0 amide bonds. The van der Waals surface area contributed by atoms with Crippen LogP contribution in [-0.4, -0.2) is 29.8 Å². The van der Waals surface area contributed by atoms with Crippen molar-refractivity contribution in [3.8, 4) is 11.1 Å². The number of hydrogen-bond acceptors (Lipinski definition) is 4. The lowest BCUT2D eigenvalue weighted by atomic mass is 9.92. The predicted molar refractivity (Wildman–Crippen MR) is 117 cm³/mol. The summed E-state index contributed by atoms with van der Waals surface area (Å²) in [5, 5.41) is 9.31. The Hall–Kier alpha value is -2.34. The molecule has 150 valence electrons. The molecule has 5 nitrogen and oxygen atoms in total. The molecule has 0 radical (unpaired) electrons. The summed E-state index contributed by atoms with van der Waals surface area (Å²) in [5.74, 6) is 3.35. The Balaban J connectivity index is 1.55. The second-order valence-corrected chi connectivity index (χ2v) is 10.7. The number of pyridine rings is 1. The first-order valence-corrected chi connectivity index (χ1v) is 11.2. The van der Waals surface area contributed by atoms with Gasteiger partial charge in [-0.3, -0.25) is 4.79 Å². The van der Waals surface area contributed by atoms with Gasteiger partial charge in [-0.05, 0) is 35.6 Å². The average molecular weight is 407 g/mol. The lowest BCUT2D eigenvalue weighted by Gasteiger charge is -2.19. The Morgan fingerprint density at radius 1 is 1.07 bits per heavy atom. The van der Waals surface area contributed by atoms with Gasteiger partial charge in [-0.15, -0.1) is 10.2 Å². The van der Waals surface area contributed by atoms with Crippen molar-refractivity contribution in [2.45, 2.75) is 49.8 Å². The van der Waals surface area contributed by atoms with Crippen LogP contribution in [0.1, 0.15) is 43.9 Å². The Bertz CT molecular complexity index is 1140. The fourth-order valence-electron chi connectivity index (χ4n) is 4.43. The van der Waals surface area contributed by atoms with E-state index in [4.69, 9.17) is 5.10 Å². The maximum atomic E-state index is 11.7. The molecular formula is C23H26N4OS. The standard InChI is InChI=1S/C23H26N4OS/c1-22(2)14-19-24-25-21(27(19)11-12-29-22)23(9-10-23)18-6-4-5-16(13-18)17-7-8-20(28)26(3)15-17/h4-8,13,15H,9-12,14H2,1-3H3. The first-order valence-electron chi connectivity index (χ1n) is 10.2. The van der Waals surface area contributed by atoms with Crippen LogP contribution in [0.5, 0.6) is 0 Å². The van der Waals surface area contributed by atoms with Crippen molar-refractivity contribution in [3.63, 3.8) is 0 Å². The minimum absolute atomic E-state index is 0.00974. The lowest BCUT2D eigenvalue weighted by molar-refractivity contribution is 0.607. The largest absolute Gasteiger partial charge is 0.318 e. The number of aryl methyl sites for hydroxylation is 1. The summed E-state index contributed by atoms with van der Waals surface area (Å²) in [7, 11) is 1.79. The lowest BCUT2D eigenvalue weighted by Crippen LogP contribution is -2.20. The monoisotopic (exact) mass is 406 g/mol. The molecule has 1 aliphatic heterocycles. The van der Waals surface area contributed by atoms with Gasteiger partial charge in [0.15, 0.2) is 0 Å². The summed E-state index contributed by atoms with van der Waals surface area (Å²) < 4.78 is 4.22. The van der Waals surface area contributed by atoms with E-state index in [1.165, 1.54) is 5.56 Å². The fraction of sp³-hybridized carbons (Fsp3) is 0.435. The first kappa shape index (κ1) is 18.7. The topological polar surface area (TPSA) is 52.7 Å². The van der Waals surface area contributed by atoms with Crippen molar-refractivity contribution in [2.24, 2.45) is 7.05 Å². The molecule has 1 fully saturated rings. The minimum Gasteiger partial charge on any atom is -0.318 e. The molecule has 0 atom stereocenters. The molecule has 1 aliphatic carbocycles. The van der Waals surface area contributed by atoms with Gasteiger partial charge in [0.05, 0.1) is 5.41 Å². The summed E-state index contributed by atoms with van der Waals surface area (Å²) in [4.78, 5) is 11.7. The second kappa shape index (κ2) is 6.59. The van der Waals surface area contributed by atoms with Gasteiger partial charge < -0.3 is 9.13 Å². The van der Waals surface area contributed by atoms with Gasteiger partial charge in [0.1, 0.15) is 11.6 Å². The molecule has 3 heterocycles. The second-order valence-electron chi connectivity index (χ2n) is 8.91. The van der Waals surface area contributed by atoms with E-state index in [2.05, 4.69) is 47.8 Å². The zero-order chi connectivity index (χ0) is 20.2. The molecule has 0 saturated heterocycles. The highest BCUT2D eigenvalue weighted by Crippen LogP contribution is 2.53. The van der Waals surface area contributed by atoms with E-state index in [1.807, 2.05) is 24.0 Å². The third-order valence-corrected chi connectivity index (χ3v) is 7.54. The van der Waals surface area contributed by atoms with Crippen molar-refractivity contribution in [2.75, 3.05) is 5.75 Å². The third-order valence-electron chi connectivity index (χ3n) is 6.23. The van der Waals surface area contributed by atoms with E-state index in [-0.39, 0.29) is 15.7 Å². The van der Waals surface area contributed by atoms with Crippen LogP contribution < -0.4 is 5.56 Å². The Kier molecular flexibility index (Phi) is 4.24. The van der Waals surface area contributed by atoms with Gasteiger partial charge in [-0.25, -0.2) is 0 Å². The third kappa shape index (κ3) is 3.23. The van der Waals surface area contributed by atoms with Crippen LogP contribution in [-0.2, 0) is 25.4 Å². The van der Waals surface area contributed by atoms with Gasteiger partial charge in [-0.2, -0.15) is 11.8 Å². The number of benzene rings is 1. The van der Waals surface area contributed by atoms with E-state index >= 15 is 0 Å². The van der Waals surface area contributed by atoms with Crippen molar-refractivity contribution >= 4 is 11.8 Å². The quantitative estimate of drug-likeness (QED) is 0.664. The molecule has 0 N–H and O–H groups in total. The summed E-state index contributed by atoms with van der Waals surface area (Å²) in [6, 6.07) is 12.3. The number of aromatic nitrogens is 4. The number of fused-ring (bicyclic) bond motifs is 1. The Morgan fingerprint density at radius 3 is 2.66 bits per heavy atom. The van der Waals surface area contributed by atoms with Gasteiger partial charge >= 0.3 is 0 Å². The molecular weight excluding hydrogens is 380 g/mol. The van der Waals surface area contributed by atoms with Crippen molar-refractivity contribution in [3.05, 3.63) is 70.2 Å².